The van der Waals surface area contributed by atoms with Crippen LogP contribution < -0.4 is 5.73 Å². The van der Waals surface area contributed by atoms with Crippen molar-refractivity contribution in [1.82, 2.24) is 20.1 Å². The first-order chi connectivity index (χ1) is 12.1. The second-order valence-electron chi connectivity index (χ2n) is 5.43. The van der Waals surface area contributed by atoms with E-state index in [1.54, 1.807) is 13.3 Å². The lowest BCUT2D eigenvalue weighted by molar-refractivity contribution is -0.127. The Hall–Kier alpha value is -2.41. The number of aromatic nitrogens is 3. The highest BCUT2D eigenvalue weighted by Crippen LogP contribution is 2.19. The van der Waals surface area contributed by atoms with E-state index in [4.69, 9.17) is 10.5 Å². The van der Waals surface area contributed by atoms with Crippen molar-refractivity contribution < 1.29 is 9.53 Å². The molecule has 1 aliphatic heterocycles. The number of likely N-dealkylation sites (tertiary alicyclic amines) is 1. The summed E-state index contributed by atoms with van der Waals surface area (Å²) in [5.41, 5.74) is 7.46. The zero-order valence-corrected chi connectivity index (χ0v) is 15.6. The molecule has 1 amide bonds. The normalized spacial score (nSPS) is 15.8. The van der Waals surface area contributed by atoms with Crippen molar-refractivity contribution in [2.45, 2.75) is 39.7 Å². The number of amides is 1. The Labute approximate surface area is 149 Å². The third-order valence-corrected chi connectivity index (χ3v) is 3.87. The van der Waals surface area contributed by atoms with Crippen LogP contribution in [0.2, 0.25) is 0 Å². The summed E-state index contributed by atoms with van der Waals surface area (Å²) in [6, 6.07) is 2.09. The minimum absolute atomic E-state index is 0.0227. The molecule has 0 saturated carbocycles. The van der Waals surface area contributed by atoms with Crippen LogP contribution in [0.1, 0.15) is 32.4 Å². The van der Waals surface area contributed by atoms with Crippen molar-refractivity contribution >= 4 is 22.6 Å². The lowest BCUT2D eigenvalue weighted by Crippen LogP contribution is -2.36. The first-order valence-corrected chi connectivity index (χ1v) is 8.55. The highest BCUT2D eigenvalue weighted by Gasteiger charge is 2.26. The van der Waals surface area contributed by atoms with Crippen LogP contribution in [0.4, 0.5) is 5.82 Å². The van der Waals surface area contributed by atoms with E-state index in [0.29, 0.717) is 12.4 Å². The van der Waals surface area contributed by atoms with E-state index >= 15 is 0 Å². The van der Waals surface area contributed by atoms with Gasteiger partial charge in [-0.2, -0.15) is 5.10 Å². The Morgan fingerprint density at radius 3 is 2.88 bits per heavy atom. The van der Waals surface area contributed by atoms with Gasteiger partial charge in [0.1, 0.15) is 5.82 Å². The van der Waals surface area contributed by atoms with Crippen LogP contribution >= 0.6 is 0 Å². The molecule has 1 atom stereocenters. The molecule has 1 aliphatic rings. The van der Waals surface area contributed by atoms with Gasteiger partial charge in [0.15, 0.2) is 0 Å². The van der Waals surface area contributed by atoms with Gasteiger partial charge in [-0.05, 0) is 31.9 Å². The van der Waals surface area contributed by atoms with Crippen molar-refractivity contribution in [2.24, 2.45) is 0 Å². The molecule has 0 spiro atoms. The third kappa shape index (κ3) is 5.29. The SMILES string of the molecule is C=CC(=O)N1CCCC1COC.CC.Cc1[nH]nc2ccnc(N)c12. The number of fused-ring (bicyclic) bond motifs is 1. The topological polar surface area (TPSA) is 97.1 Å². The van der Waals surface area contributed by atoms with E-state index < -0.39 is 0 Å². The summed E-state index contributed by atoms with van der Waals surface area (Å²) < 4.78 is 5.02. The fourth-order valence-electron chi connectivity index (χ4n) is 2.75. The molecule has 3 rings (SSSR count). The second kappa shape index (κ2) is 10.5. The summed E-state index contributed by atoms with van der Waals surface area (Å²) in [6.07, 6.45) is 5.15. The molecule has 0 aliphatic carbocycles. The minimum atomic E-state index is 0.0227. The summed E-state index contributed by atoms with van der Waals surface area (Å²) in [6.45, 7) is 10.9. The van der Waals surface area contributed by atoms with E-state index in [9.17, 15) is 4.79 Å². The number of pyridine rings is 1. The van der Waals surface area contributed by atoms with Gasteiger partial charge in [0, 0.05) is 25.5 Å². The molecular formula is C18H29N5O2. The van der Waals surface area contributed by atoms with Crippen molar-refractivity contribution in [1.29, 1.82) is 0 Å². The molecule has 1 unspecified atom stereocenters. The molecule has 1 fully saturated rings. The molecule has 0 bridgehead atoms. The predicted molar refractivity (Wildman–Crippen MR) is 101 cm³/mol. The van der Waals surface area contributed by atoms with Crippen LogP contribution in [0.5, 0.6) is 0 Å². The van der Waals surface area contributed by atoms with Crippen LogP contribution in [0.3, 0.4) is 0 Å². The molecule has 0 aromatic carbocycles. The summed E-state index contributed by atoms with van der Waals surface area (Å²) in [5, 5.41) is 7.81. The number of nitrogen functional groups attached to an aromatic ring is 1. The standard InChI is InChI=1S/C9H15NO2.C7H8N4.C2H6/c1-3-9(11)10-6-4-5-8(10)7-12-2;1-4-6-5(11-10-4)2-3-9-7(6)8;1-2/h3,8H,1,4-7H2,2H3;2-3H,1H3,(H2,8,9)(H,10,11);1-2H3. The molecule has 3 heterocycles. The Balaban J connectivity index is 0.000000228. The van der Waals surface area contributed by atoms with Gasteiger partial charge in [0.25, 0.3) is 0 Å². The van der Waals surface area contributed by atoms with Gasteiger partial charge in [0.05, 0.1) is 23.6 Å². The number of rotatable bonds is 3. The van der Waals surface area contributed by atoms with Gasteiger partial charge in [-0.15, -0.1) is 0 Å². The molecule has 7 nitrogen and oxygen atoms in total. The maximum absolute atomic E-state index is 11.3. The van der Waals surface area contributed by atoms with Crippen LogP contribution in [-0.4, -0.2) is 52.3 Å². The van der Waals surface area contributed by atoms with Crippen LogP contribution in [0, 0.1) is 6.92 Å². The van der Waals surface area contributed by atoms with Crippen molar-refractivity contribution in [2.75, 3.05) is 26.0 Å². The third-order valence-electron chi connectivity index (χ3n) is 3.87. The number of ether oxygens (including phenoxy) is 1. The van der Waals surface area contributed by atoms with Crippen LogP contribution in [-0.2, 0) is 9.53 Å². The molecule has 2 aromatic heterocycles. The Kier molecular flexibility index (Phi) is 8.63. The lowest BCUT2D eigenvalue weighted by atomic mass is 10.2. The molecular weight excluding hydrogens is 318 g/mol. The monoisotopic (exact) mass is 347 g/mol. The number of carbonyl (C=O) groups is 1. The fraction of sp³-hybridized carbons (Fsp3) is 0.500. The summed E-state index contributed by atoms with van der Waals surface area (Å²) in [5.74, 6) is 0.559. The average molecular weight is 347 g/mol. The number of H-pyrrole nitrogens is 1. The van der Waals surface area contributed by atoms with Crippen LogP contribution in [0.25, 0.3) is 10.9 Å². The fourth-order valence-corrected chi connectivity index (χ4v) is 2.75. The number of nitrogens with one attached hydrogen (secondary N) is 1. The molecule has 3 N–H and O–H groups in total. The second-order valence-corrected chi connectivity index (χ2v) is 5.43. The average Bonchev–Trinajstić information content (AvgIpc) is 3.25. The molecule has 138 valence electrons. The van der Waals surface area contributed by atoms with Crippen LogP contribution in [0.15, 0.2) is 24.9 Å². The van der Waals surface area contributed by atoms with Gasteiger partial charge in [-0.25, -0.2) is 4.98 Å². The van der Waals surface area contributed by atoms with Crippen molar-refractivity contribution in [3.63, 3.8) is 0 Å². The number of nitrogens with two attached hydrogens (primary N) is 1. The van der Waals surface area contributed by atoms with E-state index in [2.05, 4.69) is 21.8 Å². The first-order valence-electron chi connectivity index (χ1n) is 8.55. The quantitative estimate of drug-likeness (QED) is 0.832. The Morgan fingerprint density at radius 1 is 1.56 bits per heavy atom. The number of carbonyl (C=O) groups excluding carboxylic acids is 1. The number of aromatic amines is 1. The van der Waals surface area contributed by atoms with Gasteiger partial charge in [-0.1, -0.05) is 20.4 Å². The number of anilines is 1. The van der Waals surface area contributed by atoms with Gasteiger partial charge < -0.3 is 15.4 Å². The molecule has 2 aromatic rings. The maximum Gasteiger partial charge on any atom is 0.246 e. The zero-order valence-electron chi connectivity index (χ0n) is 15.6. The van der Waals surface area contributed by atoms with Crippen molar-refractivity contribution in [3.05, 3.63) is 30.6 Å². The lowest BCUT2D eigenvalue weighted by Gasteiger charge is -2.22. The number of methoxy groups -OCH3 is 1. The van der Waals surface area contributed by atoms with E-state index in [1.807, 2.05) is 31.7 Å². The number of aryl methyl sites for hydroxylation is 1. The zero-order chi connectivity index (χ0) is 18.8. The number of hydrogen-bond donors (Lipinski definition) is 2. The minimum Gasteiger partial charge on any atom is -0.383 e. The number of hydrogen-bond acceptors (Lipinski definition) is 5. The van der Waals surface area contributed by atoms with E-state index in [1.165, 1.54) is 6.08 Å². The van der Waals surface area contributed by atoms with E-state index in [0.717, 1.165) is 36.0 Å². The molecule has 25 heavy (non-hydrogen) atoms. The predicted octanol–water partition coefficient (Wildman–Crippen LogP) is 2.68. The highest BCUT2D eigenvalue weighted by atomic mass is 16.5. The molecule has 1 saturated heterocycles. The molecule has 0 radical (unpaired) electrons. The summed E-state index contributed by atoms with van der Waals surface area (Å²) in [7, 11) is 1.66. The first kappa shape index (κ1) is 20.6. The van der Waals surface area contributed by atoms with Gasteiger partial charge >= 0.3 is 0 Å². The Bertz CT molecular complexity index is 683. The summed E-state index contributed by atoms with van der Waals surface area (Å²) in [4.78, 5) is 17.0. The maximum atomic E-state index is 11.3. The van der Waals surface area contributed by atoms with E-state index in [-0.39, 0.29) is 11.9 Å². The highest BCUT2D eigenvalue weighted by molar-refractivity contribution is 5.90. The Morgan fingerprint density at radius 2 is 2.28 bits per heavy atom. The van der Waals surface area contributed by atoms with Gasteiger partial charge in [0.2, 0.25) is 5.91 Å². The largest absolute Gasteiger partial charge is 0.383 e. The number of nitrogens with zero attached hydrogens (tertiary/aromatic N) is 3. The smallest absolute Gasteiger partial charge is 0.246 e. The summed E-state index contributed by atoms with van der Waals surface area (Å²) >= 11 is 0. The van der Waals surface area contributed by atoms with Crippen molar-refractivity contribution in [3.8, 4) is 0 Å². The van der Waals surface area contributed by atoms with Gasteiger partial charge in [-0.3, -0.25) is 9.89 Å². The molecule has 7 heteroatoms.